The van der Waals surface area contributed by atoms with Crippen LogP contribution in [0.25, 0.3) is 0 Å². The van der Waals surface area contributed by atoms with Crippen LogP contribution in [-0.4, -0.2) is 16.8 Å². The summed E-state index contributed by atoms with van der Waals surface area (Å²) in [6.07, 6.45) is -1.84. The summed E-state index contributed by atoms with van der Waals surface area (Å²) in [6, 6.07) is 0. The number of ether oxygens (including phenoxy) is 1. The third-order valence-electron chi connectivity index (χ3n) is 0.570. The van der Waals surface area contributed by atoms with Gasteiger partial charge in [0.1, 0.15) is 0 Å². The minimum absolute atomic E-state index is 0.190. The van der Waals surface area contributed by atoms with Crippen molar-refractivity contribution in [1.82, 2.24) is 0 Å². The van der Waals surface area contributed by atoms with Crippen LogP contribution in [0.5, 0.6) is 0 Å². The molecule has 0 bridgehead atoms. The Morgan fingerprint density at radius 3 is 2.11 bits per heavy atom. The fourth-order valence-electron chi connectivity index (χ4n) is 0.241. The second-order valence-corrected chi connectivity index (χ2v) is 3.68. The van der Waals surface area contributed by atoms with Gasteiger partial charge in [0.2, 0.25) is 10.2 Å². The summed E-state index contributed by atoms with van der Waals surface area (Å²) in [6.45, 7) is 1.80. The van der Waals surface area contributed by atoms with E-state index in [0.717, 1.165) is 0 Å². The topological polar surface area (TPSA) is 9.23 Å². The molecule has 1 atom stereocenters. The smallest absolute Gasteiger partial charge is 0.246 e. The van der Waals surface area contributed by atoms with E-state index in [-0.39, 0.29) is 6.61 Å². The van der Waals surface area contributed by atoms with Crippen LogP contribution in [-0.2, 0) is 4.74 Å². The first-order valence-corrected chi connectivity index (χ1v) is 3.44. The Labute approximate surface area is 68.0 Å². The normalized spacial score (nSPS) is 15.7. The molecule has 0 aliphatic carbocycles. The quantitative estimate of drug-likeness (QED) is 0.616. The monoisotopic (exact) mass is 194 g/mol. The van der Waals surface area contributed by atoms with Crippen LogP contribution in [0.4, 0.5) is 4.39 Å². The highest BCUT2D eigenvalue weighted by Gasteiger charge is 2.33. The van der Waals surface area contributed by atoms with Gasteiger partial charge in [-0.3, -0.25) is 0 Å². The molecule has 0 aromatic rings. The van der Waals surface area contributed by atoms with Crippen molar-refractivity contribution >= 4 is 34.8 Å². The predicted octanol–water partition coefficient (Wildman–Crippen LogP) is 2.69. The van der Waals surface area contributed by atoms with Gasteiger partial charge in [-0.25, -0.2) is 4.39 Å². The lowest BCUT2D eigenvalue weighted by Crippen LogP contribution is -2.23. The number of hydrogen-bond acceptors (Lipinski definition) is 1. The SMILES string of the molecule is CCOC(F)C(Cl)(Cl)Cl. The van der Waals surface area contributed by atoms with Crippen LogP contribution in [0.3, 0.4) is 0 Å². The first kappa shape index (κ1) is 9.76. The van der Waals surface area contributed by atoms with Gasteiger partial charge in [0.15, 0.2) is 0 Å². The predicted molar refractivity (Wildman–Crippen MR) is 36.8 cm³/mol. The van der Waals surface area contributed by atoms with E-state index in [4.69, 9.17) is 34.8 Å². The van der Waals surface area contributed by atoms with Crippen molar-refractivity contribution in [3.05, 3.63) is 0 Å². The van der Waals surface area contributed by atoms with Crippen molar-refractivity contribution in [1.29, 1.82) is 0 Å². The second kappa shape index (κ2) is 3.81. The third-order valence-corrected chi connectivity index (χ3v) is 1.09. The van der Waals surface area contributed by atoms with Gasteiger partial charge >= 0.3 is 0 Å². The lowest BCUT2D eigenvalue weighted by atomic mass is 10.7. The van der Waals surface area contributed by atoms with Crippen molar-refractivity contribution in [2.75, 3.05) is 6.61 Å². The molecule has 0 N–H and O–H groups in total. The van der Waals surface area contributed by atoms with Crippen molar-refractivity contribution in [2.45, 2.75) is 17.1 Å². The zero-order chi connectivity index (χ0) is 7.49. The van der Waals surface area contributed by atoms with Crippen LogP contribution >= 0.6 is 34.8 Å². The van der Waals surface area contributed by atoms with E-state index in [1.54, 1.807) is 6.92 Å². The number of halogens is 4. The van der Waals surface area contributed by atoms with Gasteiger partial charge in [-0.2, -0.15) is 0 Å². The summed E-state index contributed by atoms with van der Waals surface area (Å²) >= 11 is 15.3. The minimum atomic E-state index is -1.96. The number of alkyl halides is 4. The molecule has 9 heavy (non-hydrogen) atoms. The van der Waals surface area contributed by atoms with Crippen LogP contribution < -0.4 is 0 Å². The Kier molecular flexibility index (Phi) is 4.14. The summed E-state index contributed by atoms with van der Waals surface area (Å²) in [5.74, 6) is 0. The van der Waals surface area contributed by atoms with Crippen molar-refractivity contribution in [2.24, 2.45) is 0 Å². The number of rotatable bonds is 2. The van der Waals surface area contributed by atoms with Gasteiger partial charge in [0, 0.05) is 6.61 Å². The van der Waals surface area contributed by atoms with Gasteiger partial charge in [0.25, 0.3) is 0 Å². The van der Waals surface area contributed by atoms with Crippen LogP contribution in [0, 0.1) is 0 Å². The molecule has 0 aromatic heterocycles. The molecule has 0 radical (unpaired) electrons. The highest BCUT2D eigenvalue weighted by molar-refractivity contribution is 6.67. The van der Waals surface area contributed by atoms with Gasteiger partial charge in [-0.15, -0.1) is 0 Å². The Morgan fingerprint density at radius 1 is 1.56 bits per heavy atom. The molecule has 5 heteroatoms. The average molecular weight is 195 g/mol. The highest BCUT2D eigenvalue weighted by atomic mass is 35.6. The lowest BCUT2D eigenvalue weighted by molar-refractivity contribution is -0.0286. The lowest BCUT2D eigenvalue weighted by Gasteiger charge is -2.15. The van der Waals surface area contributed by atoms with Gasteiger partial charge in [0.05, 0.1) is 0 Å². The van der Waals surface area contributed by atoms with Crippen LogP contribution in [0.2, 0.25) is 0 Å². The Bertz CT molecular complexity index is 82.4. The molecule has 0 spiro atoms. The molecular formula is C4H6Cl3FO. The summed E-state index contributed by atoms with van der Waals surface area (Å²) in [5, 5.41) is 0. The van der Waals surface area contributed by atoms with E-state index in [9.17, 15) is 4.39 Å². The van der Waals surface area contributed by atoms with E-state index in [1.165, 1.54) is 0 Å². The molecular weight excluding hydrogens is 189 g/mol. The molecule has 0 aliphatic heterocycles. The molecule has 0 aliphatic rings. The van der Waals surface area contributed by atoms with E-state index in [1.807, 2.05) is 0 Å². The van der Waals surface area contributed by atoms with E-state index >= 15 is 0 Å². The maximum absolute atomic E-state index is 12.3. The second-order valence-electron chi connectivity index (χ2n) is 1.31. The number of hydrogen-bond donors (Lipinski definition) is 0. The molecule has 0 saturated carbocycles. The van der Waals surface area contributed by atoms with Crippen LogP contribution in [0.1, 0.15) is 6.92 Å². The first-order chi connectivity index (χ1) is 3.98. The van der Waals surface area contributed by atoms with Gasteiger partial charge < -0.3 is 4.74 Å². The highest BCUT2D eigenvalue weighted by Crippen LogP contribution is 2.32. The maximum atomic E-state index is 12.3. The maximum Gasteiger partial charge on any atom is 0.246 e. The zero-order valence-electron chi connectivity index (χ0n) is 4.70. The molecule has 1 nitrogen and oxygen atoms in total. The third kappa shape index (κ3) is 4.20. The molecule has 0 amide bonds. The average Bonchev–Trinajstić information content (AvgIpc) is 1.64. The van der Waals surface area contributed by atoms with Crippen molar-refractivity contribution < 1.29 is 9.13 Å². The summed E-state index contributed by atoms with van der Waals surface area (Å²) < 4.78 is 14.7. The van der Waals surface area contributed by atoms with Crippen molar-refractivity contribution in [3.8, 4) is 0 Å². The molecule has 0 saturated heterocycles. The minimum Gasteiger partial charge on any atom is -0.345 e. The molecule has 1 unspecified atom stereocenters. The van der Waals surface area contributed by atoms with E-state index < -0.39 is 10.2 Å². The summed E-state index contributed by atoms with van der Waals surface area (Å²) in [5.41, 5.74) is 0. The largest absolute Gasteiger partial charge is 0.345 e. The Morgan fingerprint density at radius 2 is 2.00 bits per heavy atom. The fourth-order valence-corrected chi connectivity index (χ4v) is 0.430. The molecule has 0 heterocycles. The molecule has 0 rings (SSSR count). The fraction of sp³-hybridized carbons (Fsp3) is 1.00. The van der Waals surface area contributed by atoms with Crippen LogP contribution in [0.15, 0.2) is 0 Å². The Hall–Kier alpha value is 0.760. The first-order valence-electron chi connectivity index (χ1n) is 2.31. The van der Waals surface area contributed by atoms with E-state index in [0.29, 0.717) is 0 Å². The van der Waals surface area contributed by atoms with Gasteiger partial charge in [-0.05, 0) is 6.92 Å². The van der Waals surface area contributed by atoms with Gasteiger partial charge in [-0.1, -0.05) is 34.8 Å². The standard InChI is InChI=1S/C4H6Cl3FO/c1-2-9-3(8)4(5,6)7/h3H,2H2,1H3. The molecule has 0 aromatic carbocycles. The van der Waals surface area contributed by atoms with Crippen molar-refractivity contribution in [3.63, 3.8) is 0 Å². The summed E-state index contributed by atoms with van der Waals surface area (Å²) in [7, 11) is 0. The summed E-state index contributed by atoms with van der Waals surface area (Å²) in [4.78, 5) is 0. The molecule has 56 valence electrons. The zero-order valence-corrected chi connectivity index (χ0v) is 6.97. The Balaban J connectivity index is 3.59. The van der Waals surface area contributed by atoms with E-state index in [2.05, 4.69) is 4.74 Å². The molecule has 0 fully saturated rings.